The number of amides is 1. The average Bonchev–Trinajstić information content (AvgIpc) is 3.02. The average molecular weight is 378 g/mol. The second-order valence-corrected chi connectivity index (χ2v) is 8.41. The van der Waals surface area contributed by atoms with Gasteiger partial charge in [-0.25, -0.2) is 18.1 Å². The first kappa shape index (κ1) is 19.7. The molecule has 2 fully saturated rings. The van der Waals surface area contributed by atoms with Gasteiger partial charge in [0.05, 0.1) is 13.0 Å². The third-order valence-electron chi connectivity index (χ3n) is 4.75. The molecule has 0 N–H and O–H groups in total. The van der Waals surface area contributed by atoms with Crippen LogP contribution in [-0.2, 0) is 18.1 Å². The maximum atomic E-state index is 13.4. The monoisotopic (exact) mass is 378 g/mol. The second kappa shape index (κ2) is 6.27. The van der Waals surface area contributed by atoms with Crippen molar-refractivity contribution >= 4 is 14.7 Å². The molecule has 11 heteroatoms. The Morgan fingerprint density at radius 3 is 1.83 bits per heavy atom. The highest BCUT2D eigenvalue weighted by Gasteiger charge is 3.03. The molecule has 0 aromatic carbocycles. The number of carbonyl (C=O) groups is 1. The Morgan fingerprint density at radius 2 is 1.62 bits per heavy atom. The fraction of sp³-hybridized carbons (Fsp3) is 0.923. The van der Waals surface area contributed by atoms with Crippen LogP contribution >= 0.6 is 0 Å². The number of quaternary nitrogens is 1. The van der Waals surface area contributed by atoms with E-state index in [4.69, 9.17) is 13.3 Å². The summed E-state index contributed by atoms with van der Waals surface area (Å²) < 4.78 is 82.3. The lowest BCUT2D eigenvalue weighted by molar-refractivity contribution is -0.872. The largest absolute Gasteiger partial charge is 0.563 e. The highest BCUT2D eigenvalue weighted by atomic mass is 28.4. The summed E-state index contributed by atoms with van der Waals surface area (Å²) in [4.78, 5) is 12.1. The Hall–Kier alpha value is -0.623. The summed E-state index contributed by atoms with van der Waals surface area (Å²) in [7, 11) is -3.72. The van der Waals surface area contributed by atoms with Gasteiger partial charge in [0.2, 0.25) is 0 Å². The van der Waals surface area contributed by atoms with Crippen LogP contribution in [0.3, 0.4) is 0 Å². The molecule has 0 radical (unpaired) electrons. The van der Waals surface area contributed by atoms with Gasteiger partial charge in [0.25, 0.3) is 0 Å². The second-order valence-electron chi connectivity index (χ2n) is 5.67. The minimum absolute atomic E-state index is 0.0879. The Kier molecular flexibility index (Phi) is 5.15. The maximum absolute atomic E-state index is 13.4. The molecule has 0 aromatic heterocycles. The molecule has 140 valence electrons. The van der Waals surface area contributed by atoms with Gasteiger partial charge in [-0.1, -0.05) is 0 Å². The maximum Gasteiger partial charge on any atom is 0.563 e. The standard InChI is InChI=1S/C13H21F5NO4Si/c1-4-21-24(22-5-2,23-6-3)9-7-8-19(9)11(20)12(19,10(14)15)13(16,17)18/h9-10H,4-8H2,1-3H3/q+1. The quantitative estimate of drug-likeness (QED) is 0.281. The van der Waals surface area contributed by atoms with Crippen LogP contribution in [0.1, 0.15) is 27.2 Å². The van der Waals surface area contributed by atoms with Crippen LogP contribution in [-0.4, -0.2) is 69.4 Å². The predicted octanol–water partition coefficient (Wildman–Crippen LogP) is 2.27. The lowest BCUT2D eigenvalue weighted by Crippen LogP contribution is -2.74. The molecular weight excluding hydrogens is 357 g/mol. The van der Waals surface area contributed by atoms with Crippen molar-refractivity contribution in [2.24, 2.45) is 0 Å². The smallest absolute Gasteiger partial charge is 0.370 e. The van der Waals surface area contributed by atoms with Crippen molar-refractivity contribution in [2.75, 3.05) is 26.4 Å². The number of hydrogen-bond donors (Lipinski definition) is 0. The van der Waals surface area contributed by atoms with E-state index in [0.717, 1.165) is 0 Å². The zero-order valence-corrected chi connectivity index (χ0v) is 14.7. The summed E-state index contributed by atoms with van der Waals surface area (Å²) >= 11 is 0. The van der Waals surface area contributed by atoms with Crippen LogP contribution in [0.5, 0.6) is 0 Å². The van der Waals surface area contributed by atoms with Crippen LogP contribution in [0.15, 0.2) is 0 Å². The summed E-state index contributed by atoms with van der Waals surface area (Å²) in [5.41, 5.74) is -4.83. The molecule has 3 unspecified atom stereocenters. The van der Waals surface area contributed by atoms with Crippen molar-refractivity contribution < 1.29 is 44.5 Å². The van der Waals surface area contributed by atoms with Crippen LogP contribution in [0.2, 0.25) is 0 Å². The number of carbonyl (C=O) groups excluding carboxylic acids is 1. The van der Waals surface area contributed by atoms with Gasteiger partial charge < -0.3 is 13.3 Å². The van der Waals surface area contributed by atoms with E-state index in [1.54, 1.807) is 20.8 Å². The number of halogens is 5. The molecule has 0 aliphatic carbocycles. The molecule has 3 atom stereocenters. The van der Waals surface area contributed by atoms with Gasteiger partial charge in [-0.2, -0.15) is 13.2 Å². The van der Waals surface area contributed by atoms with Crippen LogP contribution in [0, 0.1) is 0 Å². The van der Waals surface area contributed by atoms with Gasteiger partial charge >= 0.3 is 32.9 Å². The zero-order valence-electron chi connectivity index (χ0n) is 13.7. The highest BCUT2D eigenvalue weighted by Crippen LogP contribution is 2.65. The zero-order chi connectivity index (χ0) is 18.4. The van der Waals surface area contributed by atoms with Crippen LogP contribution in [0.4, 0.5) is 22.0 Å². The van der Waals surface area contributed by atoms with E-state index in [1.807, 2.05) is 0 Å². The first-order chi connectivity index (χ1) is 11.1. The van der Waals surface area contributed by atoms with Crippen LogP contribution in [0.25, 0.3) is 0 Å². The first-order valence-corrected chi connectivity index (χ1v) is 9.62. The summed E-state index contributed by atoms with van der Waals surface area (Å²) in [6.45, 7) is 4.78. The van der Waals surface area contributed by atoms with E-state index in [9.17, 15) is 26.7 Å². The van der Waals surface area contributed by atoms with Gasteiger partial charge in [0.15, 0.2) is 5.67 Å². The Bertz CT molecular complexity index is 488. The molecule has 0 bridgehead atoms. The minimum atomic E-state index is -5.35. The normalized spacial score (nSPS) is 33.2. The summed E-state index contributed by atoms with van der Waals surface area (Å²) in [6.07, 6.45) is -9.08. The highest BCUT2D eigenvalue weighted by molar-refractivity contribution is 6.62. The minimum Gasteiger partial charge on any atom is -0.370 e. The summed E-state index contributed by atoms with van der Waals surface area (Å²) in [5, 5.41) is 0. The molecule has 24 heavy (non-hydrogen) atoms. The fourth-order valence-corrected chi connectivity index (χ4v) is 7.30. The molecule has 0 saturated carbocycles. The van der Waals surface area contributed by atoms with Gasteiger partial charge in [0, 0.05) is 19.8 Å². The van der Waals surface area contributed by atoms with Gasteiger partial charge in [0.1, 0.15) is 0 Å². The molecule has 1 amide bonds. The van der Waals surface area contributed by atoms with Crippen molar-refractivity contribution in [3.8, 4) is 0 Å². The first-order valence-electron chi connectivity index (χ1n) is 7.81. The van der Waals surface area contributed by atoms with Gasteiger partial charge in [-0.3, -0.25) is 0 Å². The van der Waals surface area contributed by atoms with E-state index < -0.39 is 43.0 Å². The number of nitrogens with zero attached hydrogens (tertiary/aromatic N) is 1. The predicted molar refractivity (Wildman–Crippen MR) is 74.0 cm³/mol. The number of hydrogen-bond acceptors (Lipinski definition) is 4. The van der Waals surface area contributed by atoms with E-state index in [-0.39, 0.29) is 32.8 Å². The van der Waals surface area contributed by atoms with Gasteiger partial charge in [-0.05, 0) is 20.8 Å². The molecule has 2 aliphatic rings. The fourth-order valence-electron chi connectivity index (χ4n) is 3.79. The topological polar surface area (TPSA) is 44.8 Å². The molecule has 0 aromatic rings. The third kappa shape index (κ3) is 2.21. The van der Waals surface area contributed by atoms with E-state index in [0.29, 0.717) is 0 Å². The SMILES string of the molecule is CCO[Si](OCC)(OCC)C1CC[N+]12C(=O)C2(C(F)F)C(F)(F)F. The summed E-state index contributed by atoms with van der Waals surface area (Å²) in [6, 6.07) is 0. The van der Waals surface area contributed by atoms with Crippen molar-refractivity contribution in [1.82, 2.24) is 0 Å². The molecule has 2 heterocycles. The van der Waals surface area contributed by atoms with E-state index in [1.165, 1.54) is 0 Å². The van der Waals surface area contributed by atoms with Gasteiger partial charge in [-0.15, -0.1) is 0 Å². The Labute approximate surface area is 137 Å². The molecule has 2 rings (SSSR count). The molecular formula is C13H21F5NO4Si+. The lowest BCUT2D eigenvalue weighted by Gasteiger charge is -2.45. The number of rotatable bonds is 8. The molecule has 1 spiro atoms. The molecule has 2 saturated heterocycles. The Balaban J connectivity index is 2.47. The molecule has 5 nitrogen and oxygen atoms in total. The van der Waals surface area contributed by atoms with E-state index in [2.05, 4.69) is 0 Å². The van der Waals surface area contributed by atoms with Crippen LogP contribution < -0.4 is 0 Å². The van der Waals surface area contributed by atoms with Crippen molar-refractivity contribution in [3.05, 3.63) is 0 Å². The Morgan fingerprint density at radius 1 is 1.17 bits per heavy atom. The van der Waals surface area contributed by atoms with E-state index >= 15 is 0 Å². The van der Waals surface area contributed by atoms with Crippen molar-refractivity contribution in [1.29, 1.82) is 0 Å². The van der Waals surface area contributed by atoms with Crippen molar-refractivity contribution in [2.45, 2.75) is 51.0 Å². The third-order valence-corrected chi connectivity index (χ3v) is 8.37. The number of alkyl halides is 5. The summed E-state index contributed by atoms with van der Waals surface area (Å²) in [5.74, 6) is -1.52. The molecule has 2 aliphatic heterocycles. The lowest BCUT2D eigenvalue weighted by atomic mass is 10.1. The van der Waals surface area contributed by atoms with Crippen molar-refractivity contribution in [3.63, 3.8) is 0 Å².